The van der Waals surface area contributed by atoms with Crippen molar-refractivity contribution in [3.8, 4) is 5.69 Å². The van der Waals surface area contributed by atoms with Crippen molar-refractivity contribution in [1.29, 1.82) is 0 Å². The van der Waals surface area contributed by atoms with Crippen LogP contribution in [-0.2, 0) is 10.9 Å². The zero-order chi connectivity index (χ0) is 31.7. The molecule has 0 saturated heterocycles. The van der Waals surface area contributed by atoms with Crippen molar-refractivity contribution in [1.82, 2.24) is 14.9 Å². The number of amides is 3. The second kappa shape index (κ2) is 12.1. The van der Waals surface area contributed by atoms with Crippen molar-refractivity contribution >= 4 is 57.6 Å². The molecule has 0 radical (unpaired) electrons. The molecular formula is C29H26Cl2F3N5O4. The first kappa shape index (κ1) is 31.6. The van der Waals surface area contributed by atoms with Gasteiger partial charge >= 0.3 is 18.3 Å². The van der Waals surface area contributed by atoms with E-state index >= 15 is 0 Å². The summed E-state index contributed by atoms with van der Waals surface area (Å²) in [5.74, 6) is 0.146. The molecule has 0 spiro atoms. The summed E-state index contributed by atoms with van der Waals surface area (Å²) in [4.78, 5) is 43.6. The smallest absolute Gasteiger partial charge is 0.417 e. The van der Waals surface area contributed by atoms with Crippen LogP contribution < -0.4 is 21.5 Å². The molecule has 4 rings (SSSR count). The quantitative estimate of drug-likeness (QED) is 0.206. The number of carbonyl (C=O) groups is 2. The number of fused-ring (bicyclic) bond motifs is 1. The predicted molar refractivity (Wildman–Crippen MR) is 159 cm³/mol. The molecule has 1 atom stereocenters. The molecule has 1 heterocycles. The first-order chi connectivity index (χ1) is 20.0. The number of anilines is 2. The first-order valence-electron chi connectivity index (χ1n) is 12.8. The largest absolute Gasteiger partial charge is 0.444 e. The lowest BCUT2D eigenvalue weighted by atomic mass is 10.2. The lowest BCUT2D eigenvalue weighted by Crippen LogP contribution is -2.37. The summed E-state index contributed by atoms with van der Waals surface area (Å²) in [6, 6.07) is 12.2. The van der Waals surface area contributed by atoms with Gasteiger partial charge in [0.2, 0.25) is 0 Å². The number of urea groups is 1. The minimum atomic E-state index is -4.71. The van der Waals surface area contributed by atoms with Gasteiger partial charge in [-0.1, -0.05) is 35.3 Å². The van der Waals surface area contributed by atoms with Gasteiger partial charge in [-0.05, 0) is 76.2 Å². The maximum absolute atomic E-state index is 13.8. The normalized spacial score (nSPS) is 12.5. The summed E-state index contributed by atoms with van der Waals surface area (Å²) in [5.41, 5.74) is -1.78. The molecule has 14 heteroatoms. The van der Waals surface area contributed by atoms with Crippen LogP contribution in [0.1, 0.15) is 45.1 Å². The number of benzene rings is 3. The lowest BCUT2D eigenvalue weighted by molar-refractivity contribution is -0.137. The van der Waals surface area contributed by atoms with Crippen molar-refractivity contribution in [2.75, 3.05) is 10.6 Å². The Labute approximate surface area is 254 Å². The zero-order valence-corrected chi connectivity index (χ0v) is 24.8. The molecule has 226 valence electrons. The van der Waals surface area contributed by atoms with Crippen LogP contribution in [0.15, 0.2) is 65.5 Å². The highest BCUT2D eigenvalue weighted by molar-refractivity contribution is 6.35. The van der Waals surface area contributed by atoms with E-state index in [1.807, 2.05) is 0 Å². The van der Waals surface area contributed by atoms with Crippen LogP contribution in [0.2, 0.25) is 10.0 Å². The molecular weight excluding hydrogens is 610 g/mol. The van der Waals surface area contributed by atoms with Gasteiger partial charge in [-0.25, -0.2) is 14.6 Å². The van der Waals surface area contributed by atoms with Crippen LogP contribution in [0.4, 0.5) is 34.1 Å². The summed E-state index contributed by atoms with van der Waals surface area (Å²) in [7, 11) is 0. The number of carbonyl (C=O) groups excluding carboxylic acids is 2. The first-order valence-corrected chi connectivity index (χ1v) is 13.5. The van der Waals surface area contributed by atoms with Gasteiger partial charge in [0.25, 0.3) is 5.56 Å². The molecule has 0 unspecified atom stereocenters. The van der Waals surface area contributed by atoms with Gasteiger partial charge < -0.3 is 20.7 Å². The fraction of sp³-hybridized carbons (Fsp3) is 0.241. The molecule has 1 aromatic heterocycles. The molecule has 0 bridgehead atoms. The summed E-state index contributed by atoms with van der Waals surface area (Å²) >= 11 is 12.0. The maximum atomic E-state index is 13.8. The number of aromatic nitrogens is 2. The van der Waals surface area contributed by atoms with Gasteiger partial charge in [-0.3, -0.25) is 9.36 Å². The molecule has 0 saturated carbocycles. The highest BCUT2D eigenvalue weighted by Crippen LogP contribution is 2.36. The topological polar surface area (TPSA) is 114 Å². The van der Waals surface area contributed by atoms with E-state index in [2.05, 4.69) is 20.9 Å². The Kier molecular flexibility index (Phi) is 8.93. The summed E-state index contributed by atoms with van der Waals surface area (Å²) in [6.07, 6.45) is -5.44. The highest BCUT2D eigenvalue weighted by atomic mass is 35.5. The van der Waals surface area contributed by atoms with E-state index < -0.39 is 46.1 Å². The van der Waals surface area contributed by atoms with Crippen LogP contribution in [-0.4, -0.2) is 27.3 Å². The van der Waals surface area contributed by atoms with E-state index in [1.165, 1.54) is 22.8 Å². The molecule has 9 nitrogen and oxygen atoms in total. The van der Waals surface area contributed by atoms with E-state index in [4.69, 9.17) is 27.9 Å². The minimum absolute atomic E-state index is 0.136. The Morgan fingerprint density at radius 2 is 1.58 bits per heavy atom. The summed E-state index contributed by atoms with van der Waals surface area (Å²) in [5, 5.41) is 7.34. The third-order valence-corrected chi connectivity index (χ3v) is 6.53. The van der Waals surface area contributed by atoms with Gasteiger partial charge in [-0.15, -0.1) is 0 Å². The minimum Gasteiger partial charge on any atom is -0.444 e. The molecule has 3 amide bonds. The number of rotatable bonds is 5. The van der Waals surface area contributed by atoms with Gasteiger partial charge in [0, 0.05) is 11.4 Å². The number of hydrogen-bond donors (Lipinski definition) is 3. The predicted octanol–water partition coefficient (Wildman–Crippen LogP) is 7.94. The Bertz CT molecular complexity index is 1770. The number of alkyl carbamates (subject to hydrolysis) is 1. The number of hydrogen-bond acceptors (Lipinski definition) is 5. The molecule has 0 fully saturated rings. The Balaban J connectivity index is 1.69. The number of halogens is 5. The van der Waals surface area contributed by atoms with Gasteiger partial charge in [0.15, 0.2) is 0 Å². The third kappa shape index (κ3) is 7.57. The summed E-state index contributed by atoms with van der Waals surface area (Å²) in [6.45, 7) is 6.75. The Morgan fingerprint density at radius 3 is 2.23 bits per heavy atom. The van der Waals surface area contributed by atoms with Crippen LogP contribution in [0, 0.1) is 0 Å². The molecule has 0 aliphatic carbocycles. The van der Waals surface area contributed by atoms with Crippen molar-refractivity contribution in [3.05, 3.63) is 92.5 Å². The van der Waals surface area contributed by atoms with Crippen molar-refractivity contribution in [2.45, 2.75) is 45.5 Å². The van der Waals surface area contributed by atoms with Crippen molar-refractivity contribution in [2.24, 2.45) is 0 Å². The summed E-state index contributed by atoms with van der Waals surface area (Å²) < 4.78 is 46.3. The molecule has 0 aliphatic heterocycles. The number of ether oxygens (including phenoxy) is 1. The van der Waals surface area contributed by atoms with Crippen molar-refractivity contribution < 1.29 is 27.5 Å². The lowest BCUT2D eigenvalue weighted by Gasteiger charge is -2.23. The molecule has 43 heavy (non-hydrogen) atoms. The Hall–Kier alpha value is -4.29. The second-order valence-corrected chi connectivity index (χ2v) is 11.2. The monoisotopic (exact) mass is 635 g/mol. The van der Waals surface area contributed by atoms with Crippen LogP contribution in [0.5, 0.6) is 0 Å². The standard InChI is InChI=1S/C29H26Cl2F3N5O4/c1-15(35-27(42)43-28(2,3)4)24-38-22-10-6-9-21(31)23(22)25(40)39(24)18-8-5-7-16(13-18)36-26(41)37-17-11-12-20(30)19(14-17)29(32,33)34/h5-15H,1-4H3,(H,35,42)(H2,36,37,41)/t15-/m0/s1. The van der Waals surface area contributed by atoms with E-state index in [-0.39, 0.29) is 33.3 Å². The molecule has 4 aromatic rings. The number of nitrogens with one attached hydrogen (secondary N) is 3. The average Bonchev–Trinajstić information content (AvgIpc) is 2.88. The maximum Gasteiger partial charge on any atom is 0.417 e. The molecule has 0 aliphatic rings. The third-order valence-electron chi connectivity index (χ3n) is 5.89. The fourth-order valence-electron chi connectivity index (χ4n) is 4.13. The van der Waals surface area contributed by atoms with Crippen LogP contribution >= 0.6 is 23.2 Å². The Morgan fingerprint density at radius 1 is 0.930 bits per heavy atom. The van der Waals surface area contributed by atoms with Gasteiger partial charge in [0.1, 0.15) is 11.4 Å². The van der Waals surface area contributed by atoms with Gasteiger partial charge in [0.05, 0.1) is 38.2 Å². The number of nitrogens with zero attached hydrogens (tertiary/aromatic N) is 2. The highest BCUT2D eigenvalue weighted by Gasteiger charge is 2.33. The van der Waals surface area contributed by atoms with E-state index in [9.17, 15) is 27.6 Å². The van der Waals surface area contributed by atoms with Gasteiger partial charge in [-0.2, -0.15) is 13.2 Å². The number of alkyl halides is 3. The second-order valence-electron chi connectivity index (χ2n) is 10.4. The average molecular weight is 636 g/mol. The van der Waals surface area contributed by atoms with Crippen LogP contribution in [0.3, 0.4) is 0 Å². The molecule has 3 N–H and O–H groups in total. The fourth-order valence-corrected chi connectivity index (χ4v) is 4.61. The van der Waals surface area contributed by atoms with Crippen LogP contribution in [0.25, 0.3) is 16.6 Å². The van der Waals surface area contributed by atoms with E-state index in [1.54, 1.807) is 58.0 Å². The molecule has 3 aromatic carbocycles. The van der Waals surface area contributed by atoms with E-state index in [0.29, 0.717) is 11.6 Å². The van der Waals surface area contributed by atoms with Crippen molar-refractivity contribution in [3.63, 3.8) is 0 Å². The van der Waals surface area contributed by atoms with E-state index in [0.717, 1.165) is 6.07 Å². The SMILES string of the molecule is C[C@H](NC(=O)OC(C)(C)C)c1nc2cccc(Cl)c2c(=O)n1-c1cccc(NC(=O)Nc2ccc(Cl)c(C(F)(F)F)c2)c1. The zero-order valence-electron chi connectivity index (χ0n) is 23.3.